The highest BCUT2D eigenvalue weighted by molar-refractivity contribution is 7.99. The molecule has 2 saturated heterocycles. The van der Waals surface area contributed by atoms with Crippen LogP contribution in [0.15, 0.2) is 41.5 Å². The summed E-state index contributed by atoms with van der Waals surface area (Å²) in [5.74, 6) is 2.02. The number of unbranched alkanes of at least 4 members (excludes halogenated alkanes) is 1. The first-order chi connectivity index (χ1) is 16.9. The zero-order chi connectivity index (χ0) is 25.2. The van der Waals surface area contributed by atoms with Crippen molar-refractivity contribution in [1.29, 1.82) is 0 Å². The third-order valence-corrected chi connectivity index (χ3v) is 7.28. The fourth-order valence-electron chi connectivity index (χ4n) is 4.33. The van der Waals surface area contributed by atoms with Crippen LogP contribution in [0.4, 0.5) is 15.8 Å². The first kappa shape index (κ1) is 27.5. The van der Waals surface area contributed by atoms with E-state index < -0.39 is 11.9 Å². The highest BCUT2D eigenvalue weighted by Crippen LogP contribution is 2.33. The fourth-order valence-corrected chi connectivity index (χ4v) is 5.30. The van der Waals surface area contributed by atoms with Gasteiger partial charge in [0.05, 0.1) is 24.0 Å². The number of nitrogens with one attached hydrogen (secondary N) is 1. The van der Waals surface area contributed by atoms with Crippen LogP contribution in [0.5, 0.6) is 0 Å². The number of hydrogen-bond acceptors (Lipinski definition) is 7. The molecule has 0 unspecified atom stereocenters. The smallest absolute Gasteiger partial charge is 0.216 e. The Morgan fingerprint density at radius 2 is 1.94 bits per heavy atom. The minimum atomic E-state index is -0.964. The number of carbonyl (C=O) groups excluding carboxylic acids is 1. The van der Waals surface area contributed by atoms with E-state index in [1.165, 1.54) is 68.1 Å². The summed E-state index contributed by atoms with van der Waals surface area (Å²) in [5, 5.41) is 23.1. The van der Waals surface area contributed by atoms with Crippen molar-refractivity contribution >= 4 is 29.0 Å². The molecular weight excluding hydrogens is 467 g/mol. The number of thioether (sulfide) groups is 1. The number of aliphatic hydroxyl groups is 1. The number of rotatable bonds is 9. The molecule has 196 valence electrons. The Morgan fingerprint density at radius 1 is 1.26 bits per heavy atom. The van der Waals surface area contributed by atoms with E-state index in [4.69, 9.17) is 0 Å². The molecule has 0 saturated carbocycles. The highest BCUT2D eigenvalue weighted by atomic mass is 32.2. The third kappa shape index (κ3) is 8.52. The topological polar surface area (TPSA) is 79.3 Å². The molecule has 1 aliphatic carbocycles. The Bertz CT molecular complexity index is 891. The third-order valence-electron chi connectivity index (χ3n) is 6.34. The van der Waals surface area contributed by atoms with Crippen LogP contribution < -0.4 is 15.3 Å². The van der Waals surface area contributed by atoms with Crippen LogP contribution in [0.25, 0.3) is 0 Å². The molecule has 1 amide bonds. The molecule has 2 heterocycles. The molecule has 3 N–H and O–H groups in total. The molecule has 1 atom stereocenters. The van der Waals surface area contributed by atoms with E-state index in [1.807, 2.05) is 4.90 Å². The molecule has 0 bridgehead atoms. The Kier molecular flexibility index (Phi) is 10.9. The van der Waals surface area contributed by atoms with Crippen molar-refractivity contribution in [3.05, 3.63) is 47.3 Å². The maximum Gasteiger partial charge on any atom is 0.216 e. The second-order valence-electron chi connectivity index (χ2n) is 9.17. The van der Waals surface area contributed by atoms with E-state index in [-0.39, 0.29) is 26.1 Å². The van der Waals surface area contributed by atoms with Gasteiger partial charge in [0.15, 0.2) is 0 Å². The zero-order valence-electron chi connectivity index (χ0n) is 20.9. The van der Waals surface area contributed by atoms with Gasteiger partial charge in [-0.05, 0) is 42.7 Å². The number of fused-ring (bicyclic) bond motifs is 1. The molecule has 2 fully saturated rings. The van der Waals surface area contributed by atoms with Gasteiger partial charge in [0.25, 0.3) is 0 Å². The molecule has 3 aliphatic rings. The van der Waals surface area contributed by atoms with Crippen molar-refractivity contribution in [2.45, 2.75) is 39.2 Å². The number of aliphatic hydroxyl groups excluding tert-OH is 1. The number of nitrogens with zero attached hydrogens (tertiary/aromatic N) is 3. The molecule has 0 spiro atoms. The number of carbonyl (C=O) groups is 1. The summed E-state index contributed by atoms with van der Waals surface area (Å²) in [4.78, 5) is 15.4. The van der Waals surface area contributed by atoms with Crippen molar-refractivity contribution in [2.75, 3.05) is 67.3 Å². The second-order valence-corrected chi connectivity index (χ2v) is 10.4. The van der Waals surface area contributed by atoms with Gasteiger partial charge in [0.2, 0.25) is 5.91 Å². The van der Waals surface area contributed by atoms with E-state index >= 15 is 0 Å². The first-order valence-electron chi connectivity index (χ1n) is 12.5. The predicted octanol–water partition coefficient (Wildman–Crippen LogP) is 3.68. The number of allylic oxidation sites excluding steroid dienone is 2. The number of halogens is 1. The average Bonchev–Trinajstić information content (AvgIpc) is 3.45. The van der Waals surface area contributed by atoms with Crippen molar-refractivity contribution < 1.29 is 20.9 Å². The van der Waals surface area contributed by atoms with Crippen LogP contribution in [0.1, 0.15) is 34.5 Å². The number of benzene rings is 1. The van der Waals surface area contributed by atoms with Gasteiger partial charge in [-0.15, -0.1) is 0 Å². The fraction of sp³-hybridized carbons (Fsp3) is 0.577. The molecule has 1 aromatic carbocycles. The predicted molar refractivity (Wildman–Crippen MR) is 144 cm³/mol. The highest BCUT2D eigenvalue weighted by Gasteiger charge is 2.26. The van der Waals surface area contributed by atoms with Gasteiger partial charge in [-0.3, -0.25) is 15.1 Å². The van der Waals surface area contributed by atoms with Crippen LogP contribution in [0.3, 0.4) is 0 Å². The van der Waals surface area contributed by atoms with Gasteiger partial charge < -0.3 is 20.2 Å². The van der Waals surface area contributed by atoms with E-state index in [9.17, 15) is 19.5 Å². The van der Waals surface area contributed by atoms with Crippen LogP contribution >= 0.6 is 11.8 Å². The normalized spacial score (nSPS) is 18.3. The standard InChI is InChI=1S/C18H22FN3O3.C8H17NS.H2/c1-12(23)20-8-16(24)11-22(25)15-5-6-18(17(19)7-15)21-9-13-3-2-4-14(13)10-21;1-2-3-4-9-5-7-10-8-6-9;/h3-7,16,24-25H,2,8-11H2,1H3,(H,20,23);2-8H2,1H3;1H/t16-;;/m0../s1. The largest absolute Gasteiger partial charge is 0.389 e. The van der Waals surface area contributed by atoms with Crippen LogP contribution in [0, 0.1) is 5.82 Å². The van der Waals surface area contributed by atoms with Gasteiger partial charge in [-0.2, -0.15) is 11.8 Å². The molecule has 0 radical (unpaired) electrons. The molecule has 35 heavy (non-hydrogen) atoms. The summed E-state index contributed by atoms with van der Waals surface area (Å²) in [6.45, 7) is 8.86. The minimum absolute atomic E-state index is 0. The number of amides is 1. The molecule has 9 heteroatoms. The summed E-state index contributed by atoms with van der Waals surface area (Å²) >= 11 is 2.09. The lowest BCUT2D eigenvalue weighted by Gasteiger charge is -2.25. The van der Waals surface area contributed by atoms with E-state index in [0.29, 0.717) is 18.8 Å². The Morgan fingerprint density at radius 3 is 2.54 bits per heavy atom. The Hall–Kier alpha value is -2.07. The molecule has 2 aliphatic heterocycles. The van der Waals surface area contributed by atoms with Crippen molar-refractivity contribution in [3.63, 3.8) is 0 Å². The number of hydrogen-bond donors (Lipinski definition) is 3. The second kappa shape index (κ2) is 13.9. The zero-order valence-corrected chi connectivity index (χ0v) is 21.7. The maximum atomic E-state index is 14.5. The summed E-state index contributed by atoms with van der Waals surface area (Å²) in [5.41, 5.74) is 3.26. The van der Waals surface area contributed by atoms with Crippen LogP contribution in [-0.2, 0) is 4.79 Å². The van der Waals surface area contributed by atoms with E-state index in [2.05, 4.69) is 41.1 Å². The molecule has 4 rings (SSSR count). The molecule has 1 aromatic rings. The molecular formula is C26H41FN4O3S. The minimum Gasteiger partial charge on any atom is -0.389 e. The van der Waals surface area contributed by atoms with Gasteiger partial charge >= 0.3 is 0 Å². The van der Waals surface area contributed by atoms with Gasteiger partial charge in [0, 0.05) is 58.6 Å². The van der Waals surface area contributed by atoms with Gasteiger partial charge in [-0.25, -0.2) is 4.39 Å². The molecule has 0 aromatic heterocycles. The number of hydroxylamine groups is 1. The quantitative estimate of drug-likeness (QED) is 0.439. The van der Waals surface area contributed by atoms with Gasteiger partial charge in [0.1, 0.15) is 5.82 Å². The summed E-state index contributed by atoms with van der Waals surface area (Å²) in [6, 6.07) is 4.49. The summed E-state index contributed by atoms with van der Waals surface area (Å²) in [7, 11) is 0. The van der Waals surface area contributed by atoms with Crippen molar-refractivity contribution in [1.82, 2.24) is 10.2 Å². The summed E-state index contributed by atoms with van der Waals surface area (Å²) < 4.78 is 14.5. The SMILES string of the molecule is CC(=O)NC[C@H](O)CN(O)c1ccc(N2CC3=CCC=C3C2)c(F)c1.CCCCN1CCSCC1.[HH]. The lowest BCUT2D eigenvalue weighted by molar-refractivity contribution is -0.119. The first-order valence-corrected chi connectivity index (χ1v) is 13.6. The van der Waals surface area contributed by atoms with Crippen LogP contribution in [0.2, 0.25) is 0 Å². The van der Waals surface area contributed by atoms with E-state index in [1.54, 1.807) is 12.1 Å². The Labute approximate surface area is 214 Å². The maximum absolute atomic E-state index is 14.5. The van der Waals surface area contributed by atoms with Crippen LogP contribution in [-0.4, -0.2) is 84.5 Å². The van der Waals surface area contributed by atoms with Crippen molar-refractivity contribution in [3.8, 4) is 0 Å². The summed E-state index contributed by atoms with van der Waals surface area (Å²) in [6.07, 6.45) is 7.03. The van der Waals surface area contributed by atoms with Crippen molar-refractivity contribution in [2.24, 2.45) is 0 Å². The van der Waals surface area contributed by atoms with Gasteiger partial charge in [-0.1, -0.05) is 25.5 Å². The Balaban J connectivity index is 0.000000350. The number of anilines is 2. The van der Waals surface area contributed by atoms with E-state index in [0.717, 1.165) is 11.5 Å². The molecule has 7 nitrogen and oxygen atoms in total. The lowest BCUT2D eigenvalue weighted by Crippen LogP contribution is -2.38. The average molecular weight is 509 g/mol. The lowest BCUT2D eigenvalue weighted by atomic mass is 10.2. The monoisotopic (exact) mass is 508 g/mol.